The van der Waals surface area contributed by atoms with Gasteiger partial charge in [0, 0.05) is 0 Å². The summed E-state index contributed by atoms with van der Waals surface area (Å²) in [7, 11) is 0. The molecular formula is C6H13CrN. The topological polar surface area (TPSA) is 3.24 Å². The van der Waals surface area contributed by atoms with Gasteiger partial charge in [-0.1, -0.05) is 0 Å². The zero-order valence-corrected chi connectivity index (χ0v) is 7.04. The summed E-state index contributed by atoms with van der Waals surface area (Å²) in [6.45, 7) is 8.62. The maximum absolute atomic E-state index is 2.98. The van der Waals surface area contributed by atoms with E-state index in [4.69, 9.17) is 0 Å². The van der Waals surface area contributed by atoms with Crippen LogP contribution in [0, 0.1) is 0 Å². The van der Waals surface area contributed by atoms with Crippen molar-refractivity contribution in [1.82, 2.24) is 4.90 Å². The van der Waals surface area contributed by atoms with Crippen LogP contribution < -0.4 is 0 Å². The molecule has 0 aromatic heterocycles. The van der Waals surface area contributed by atoms with Crippen LogP contribution in [0.4, 0.5) is 0 Å². The van der Waals surface area contributed by atoms with Crippen molar-refractivity contribution in [2.24, 2.45) is 0 Å². The molecule has 0 bridgehead atoms. The van der Waals surface area contributed by atoms with Crippen LogP contribution >= 0.6 is 0 Å². The Bertz CT molecular complexity index is 76.6. The molecule has 0 saturated carbocycles. The van der Waals surface area contributed by atoms with E-state index < -0.39 is 0 Å². The molecule has 0 heterocycles. The molecule has 0 aliphatic rings. The Hall–Kier alpha value is 0.362. The monoisotopic (exact) mass is 151 g/mol. The fraction of sp³-hybridized carbons (Fsp3) is 0.833. The van der Waals surface area contributed by atoms with Crippen LogP contribution in [0.25, 0.3) is 0 Å². The van der Waals surface area contributed by atoms with Crippen LogP contribution in [-0.4, -0.2) is 22.5 Å². The summed E-state index contributed by atoms with van der Waals surface area (Å²) >= 11 is 2.98. The summed E-state index contributed by atoms with van der Waals surface area (Å²) < 4.78 is 1.29. The summed E-state index contributed by atoms with van der Waals surface area (Å²) in [5.41, 5.74) is 0. The normalized spacial score (nSPS) is 10.0. The van der Waals surface area contributed by atoms with Crippen LogP contribution in [0.15, 0.2) is 0 Å². The predicted octanol–water partition coefficient (Wildman–Crippen LogP) is 1.02. The minimum atomic E-state index is 1.11. The average molecular weight is 151 g/mol. The third kappa shape index (κ3) is 2.62. The Labute approximate surface area is 59.6 Å². The van der Waals surface area contributed by atoms with Gasteiger partial charge >= 0.3 is 59.1 Å². The van der Waals surface area contributed by atoms with Crippen LogP contribution in [0.1, 0.15) is 20.8 Å². The molecule has 0 N–H and O–H groups in total. The molecule has 2 heteroatoms. The number of nitrogens with zero attached hydrogens (tertiary/aromatic N) is 1. The molecular weight excluding hydrogens is 138 g/mol. The van der Waals surface area contributed by atoms with Crippen molar-refractivity contribution in [1.29, 1.82) is 0 Å². The molecule has 0 aromatic carbocycles. The van der Waals surface area contributed by atoms with Gasteiger partial charge in [-0.2, -0.15) is 0 Å². The predicted molar refractivity (Wildman–Crippen MR) is 33.6 cm³/mol. The number of rotatable bonds is 3. The van der Waals surface area contributed by atoms with Crippen molar-refractivity contribution in [3.05, 3.63) is 0 Å². The fourth-order valence-electron chi connectivity index (χ4n) is 0.669. The number of hydrogen-bond donors (Lipinski definition) is 0. The molecule has 0 rings (SSSR count). The summed E-state index contributed by atoms with van der Waals surface area (Å²) in [5.74, 6) is 0. The first-order valence-corrected chi connectivity index (χ1v) is 3.61. The molecule has 8 heavy (non-hydrogen) atoms. The molecule has 0 radical (unpaired) electrons. The first kappa shape index (κ1) is 8.36. The van der Waals surface area contributed by atoms with Gasteiger partial charge in [0.25, 0.3) is 0 Å². The first-order valence-electron chi connectivity index (χ1n) is 2.97. The maximum atomic E-state index is 2.98. The van der Waals surface area contributed by atoms with Crippen molar-refractivity contribution in [2.45, 2.75) is 20.8 Å². The average Bonchev–Trinajstić information content (AvgIpc) is 1.69. The molecule has 0 saturated heterocycles. The van der Waals surface area contributed by atoms with Gasteiger partial charge in [-0.15, -0.1) is 0 Å². The zero-order valence-electron chi connectivity index (χ0n) is 5.77. The molecule has 0 aliphatic heterocycles. The summed E-state index contributed by atoms with van der Waals surface area (Å²) in [6.07, 6.45) is 0. The van der Waals surface area contributed by atoms with E-state index in [9.17, 15) is 0 Å². The molecule has 0 amide bonds. The van der Waals surface area contributed by atoms with E-state index in [1.165, 1.54) is 4.50 Å². The van der Waals surface area contributed by atoms with Crippen LogP contribution in [0.2, 0.25) is 0 Å². The van der Waals surface area contributed by atoms with E-state index in [1.54, 1.807) is 0 Å². The van der Waals surface area contributed by atoms with Crippen molar-refractivity contribution in [3.8, 4) is 0 Å². The Balaban J connectivity index is 3.52. The van der Waals surface area contributed by atoms with E-state index >= 15 is 0 Å². The van der Waals surface area contributed by atoms with Crippen LogP contribution in [0.3, 0.4) is 0 Å². The third-order valence-corrected chi connectivity index (χ3v) is 1.61. The van der Waals surface area contributed by atoms with Gasteiger partial charge in [-0.3, -0.25) is 0 Å². The van der Waals surface area contributed by atoms with Crippen molar-refractivity contribution in [2.75, 3.05) is 13.1 Å². The Kier molecular flexibility index (Phi) is 4.46. The molecule has 48 valence electrons. The molecule has 0 aromatic rings. The van der Waals surface area contributed by atoms with Crippen molar-refractivity contribution in [3.63, 3.8) is 0 Å². The van der Waals surface area contributed by atoms with Crippen LogP contribution in [-0.2, 0) is 15.9 Å². The van der Waals surface area contributed by atoms with E-state index in [1.807, 2.05) is 0 Å². The second-order valence-corrected chi connectivity index (χ2v) is 2.61. The van der Waals surface area contributed by atoms with E-state index in [0.29, 0.717) is 0 Å². The quantitative estimate of drug-likeness (QED) is 0.582. The molecule has 1 nitrogen and oxygen atoms in total. The standard InChI is InChI=1S/C6H13N.Cr/c1-4-7(5-2)6-3;/h4-5H2,1-3H3;. The second kappa shape index (κ2) is 4.26. The van der Waals surface area contributed by atoms with Gasteiger partial charge in [0.2, 0.25) is 0 Å². The Morgan fingerprint density at radius 1 is 1.38 bits per heavy atom. The summed E-state index contributed by atoms with van der Waals surface area (Å²) in [4.78, 5) is 2.28. The van der Waals surface area contributed by atoms with Gasteiger partial charge in [0.15, 0.2) is 0 Å². The van der Waals surface area contributed by atoms with E-state index in [-0.39, 0.29) is 0 Å². The SMILES string of the molecule is CCN(CC)[C](C)=[Cr]. The van der Waals surface area contributed by atoms with Gasteiger partial charge in [0.1, 0.15) is 0 Å². The summed E-state index contributed by atoms with van der Waals surface area (Å²) in [5, 5.41) is 0. The van der Waals surface area contributed by atoms with Gasteiger partial charge in [-0.05, 0) is 0 Å². The molecule has 0 atom stereocenters. The molecule has 0 fully saturated rings. The third-order valence-electron chi connectivity index (χ3n) is 1.21. The van der Waals surface area contributed by atoms with Gasteiger partial charge in [0.05, 0.1) is 0 Å². The first-order chi connectivity index (χ1) is 3.72. The molecule has 0 aliphatic carbocycles. The zero-order chi connectivity index (χ0) is 6.57. The Morgan fingerprint density at radius 3 is 1.75 bits per heavy atom. The Morgan fingerprint density at radius 2 is 1.75 bits per heavy atom. The minimum absolute atomic E-state index is 1.11. The second-order valence-electron chi connectivity index (χ2n) is 1.69. The molecule has 0 unspecified atom stereocenters. The van der Waals surface area contributed by atoms with Crippen LogP contribution in [0.5, 0.6) is 0 Å². The van der Waals surface area contributed by atoms with E-state index in [2.05, 4.69) is 41.5 Å². The van der Waals surface area contributed by atoms with Gasteiger partial charge in [-0.25, -0.2) is 0 Å². The summed E-state index contributed by atoms with van der Waals surface area (Å²) in [6, 6.07) is 0. The van der Waals surface area contributed by atoms with Gasteiger partial charge < -0.3 is 0 Å². The van der Waals surface area contributed by atoms with Crippen molar-refractivity contribution >= 4 is 4.50 Å². The van der Waals surface area contributed by atoms with E-state index in [0.717, 1.165) is 13.1 Å². The fourth-order valence-corrected chi connectivity index (χ4v) is 1.07. The molecule has 0 spiro atoms. The number of hydrogen-bond acceptors (Lipinski definition) is 1. The van der Waals surface area contributed by atoms with Crippen molar-refractivity contribution < 1.29 is 15.9 Å².